The van der Waals surface area contributed by atoms with Crippen molar-refractivity contribution in [3.63, 3.8) is 0 Å². The molecule has 1 aromatic heterocycles. The second-order valence-corrected chi connectivity index (χ2v) is 6.84. The van der Waals surface area contributed by atoms with E-state index in [9.17, 15) is 9.18 Å². The van der Waals surface area contributed by atoms with Crippen molar-refractivity contribution in [2.45, 2.75) is 12.6 Å². The zero-order valence-electron chi connectivity index (χ0n) is 15.0. The van der Waals surface area contributed by atoms with Gasteiger partial charge in [-0.15, -0.1) is 0 Å². The van der Waals surface area contributed by atoms with Crippen LogP contribution in [0, 0.1) is 5.82 Å². The molecule has 1 aliphatic heterocycles. The molecule has 6 heteroatoms. The molecule has 1 saturated heterocycles. The molecule has 0 bridgehead atoms. The zero-order chi connectivity index (χ0) is 18.6. The minimum Gasteiger partial charge on any atom is -0.374 e. The second-order valence-electron chi connectivity index (χ2n) is 6.84. The molecule has 27 heavy (non-hydrogen) atoms. The molecular formula is C21H22FN3O2. The molecule has 1 aliphatic rings. The van der Waals surface area contributed by atoms with E-state index >= 15 is 0 Å². The zero-order valence-corrected chi connectivity index (χ0v) is 15.0. The van der Waals surface area contributed by atoms with Crippen molar-refractivity contribution in [2.24, 2.45) is 0 Å². The van der Waals surface area contributed by atoms with E-state index in [2.05, 4.69) is 27.3 Å². The Balaban J connectivity index is 1.32. The van der Waals surface area contributed by atoms with Crippen molar-refractivity contribution >= 4 is 16.8 Å². The van der Waals surface area contributed by atoms with Crippen LogP contribution in [0.15, 0.2) is 54.6 Å². The molecule has 0 aliphatic carbocycles. The van der Waals surface area contributed by atoms with Crippen LogP contribution < -0.4 is 5.32 Å². The van der Waals surface area contributed by atoms with Gasteiger partial charge < -0.3 is 15.0 Å². The Hall–Kier alpha value is -2.70. The maximum atomic E-state index is 13.3. The first-order chi connectivity index (χ1) is 13.2. The van der Waals surface area contributed by atoms with E-state index in [4.69, 9.17) is 4.74 Å². The van der Waals surface area contributed by atoms with Crippen molar-refractivity contribution in [3.05, 3.63) is 71.7 Å². The SMILES string of the molecule is O=C(NCC1CN(Cc2ccccc2)CCO1)c1cc2cc(F)ccc2[nH]1. The van der Waals surface area contributed by atoms with Crippen LogP contribution in [0.2, 0.25) is 0 Å². The van der Waals surface area contributed by atoms with Gasteiger partial charge in [0, 0.05) is 37.1 Å². The number of ether oxygens (including phenoxy) is 1. The van der Waals surface area contributed by atoms with Crippen LogP contribution in [0.3, 0.4) is 0 Å². The number of morpholine rings is 1. The summed E-state index contributed by atoms with van der Waals surface area (Å²) >= 11 is 0. The van der Waals surface area contributed by atoms with E-state index in [1.807, 2.05) is 18.2 Å². The Morgan fingerprint density at radius 1 is 1.22 bits per heavy atom. The van der Waals surface area contributed by atoms with Crippen LogP contribution >= 0.6 is 0 Å². The molecule has 2 aromatic carbocycles. The molecule has 1 amide bonds. The first-order valence-electron chi connectivity index (χ1n) is 9.12. The molecule has 3 aromatic rings. The highest BCUT2D eigenvalue weighted by atomic mass is 19.1. The number of benzene rings is 2. The summed E-state index contributed by atoms with van der Waals surface area (Å²) in [6.07, 6.45) is -0.0479. The monoisotopic (exact) mass is 367 g/mol. The maximum absolute atomic E-state index is 13.3. The first kappa shape index (κ1) is 17.7. The number of amides is 1. The molecule has 2 heterocycles. The van der Waals surface area contributed by atoms with E-state index < -0.39 is 0 Å². The number of rotatable bonds is 5. The highest BCUT2D eigenvalue weighted by molar-refractivity contribution is 5.98. The number of nitrogens with zero attached hydrogens (tertiary/aromatic N) is 1. The molecule has 5 nitrogen and oxygen atoms in total. The van der Waals surface area contributed by atoms with Crippen LogP contribution in [0.5, 0.6) is 0 Å². The molecule has 0 saturated carbocycles. The lowest BCUT2D eigenvalue weighted by Crippen LogP contribution is -2.47. The number of carbonyl (C=O) groups excluding carboxylic acids is 1. The lowest BCUT2D eigenvalue weighted by molar-refractivity contribution is -0.0292. The van der Waals surface area contributed by atoms with Crippen LogP contribution in [0.4, 0.5) is 4.39 Å². The lowest BCUT2D eigenvalue weighted by Gasteiger charge is -2.33. The minimum absolute atomic E-state index is 0.0479. The summed E-state index contributed by atoms with van der Waals surface area (Å²) < 4.78 is 19.1. The van der Waals surface area contributed by atoms with Crippen molar-refractivity contribution < 1.29 is 13.9 Å². The van der Waals surface area contributed by atoms with Crippen molar-refractivity contribution in [1.29, 1.82) is 0 Å². The number of carbonyl (C=O) groups is 1. The molecule has 1 fully saturated rings. The van der Waals surface area contributed by atoms with E-state index in [1.165, 1.54) is 17.7 Å². The Kier molecular flexibility index (Phi) is 5.18. The van der Waals surface area contributed by atoms with Gasteiger partial charge in [0.2, 0.25) is 0 Å². The standard InChI is InChI=1S/C21H22FN3O2/c22-17-6-7-19-16(10-17)11-20(24-19)21(26)23-12-18-14-25(8-9-27-18)13-15-4-2-1-3-5-15/h1-7,10-11,18,24H,8-9,12-14H2,(H,23,26). The average molecular weight is 367 g/mol. The number of aromatic amines is 1. The topological polar surface area (TPSA) is 57.4 Å². The summed E-state index contributed by atoms with van der Waals surface area (Å²) in [6, 6.07) is 16.4. The van der Waals surface area contributed by atoms with E-state index in [1.54, 1.807) is 12.1 Å². The van der Waals surface area contributed by atoms with Crippen molar-refractivity contribution in [1.82, 2.24) is 15.2 Å². The summed E-state index contributed by atoms with van der Waals surface area (Å²) in [6.45, 7) is 3.62. The van der Waals surface area contributed by atoms with Gasteiger partial charge >= 0.3 is 0 Å². The minimum atomic E-state index is -0.317. The van der Waals surface area contributed by atoms with E-state index in [0.717, 1.165) is 25.2 Å². The smallest absolute Gasteiger partial charge is 0.267 e. The van der Waals surface area contributed by atoms with Crippen LogP contribution in [0.1, 0.15) is 16.1 Å². The first-order valence-corrected chi connectivity index (χ1v) is 9.12. The maximum Gasteiger partial charge on any atom is 0.267 e. The second kappa shape index (κ2) is 7.90. The number of H-pyrrole nitrogens is 1. The predicted molar refractivity (Wildman–Crippen MR) is 102 cm³/mol. The van der Waals surface area contributed by atoms with Gasteiger partial charge in [-0.1, -0.05) is 30.3 Å². The van der Waals surface area contributed by atoms with Gasteiger partial charge in [0.05, 0.1) is 12.7 Å². The fourth-order valence-corrected chi connectivity index (χ4v) is 3.42. The van der Waals surface area contributed by atoms with Crippen LogP contribution in [0.25, 0.3) is 10.9 Å². The summed E-state index contributed by atoms with van der Waals surface area (Å²) in [4.78, 5) is 17.8. The van der Waals surface area contributed by atoms with Gasteiger partial charge in [-0.3, -0.25) is 9.69 Å². The number of hydrogen-bond acceptors (Lipinski definition) is 3. The summed E-state index contributed by atoms with van der Waals surface area (Å²) in [7, 11) is 0. The number of hydrogen-bond donors (Lipinski definition) is 2. The summed E-state index contributed by atoms with van der Waals surface area (Å²) in [5.74, 6) is -0.530. The molecule has 140 valence electrons. The van der Waals surface area contributed by atoms with Gasteiger partial charge in [-0.05, 0) is 29.8 Å². The quantitative estimate of drug-likeness (QED) is 0.729. The predicted octanol–water partition coefficient (Wildman–Crippen LogP) is 2.94. The van der Waals surface area contributed by atoms with E-state index in [0.29, 0.717) is 24.2 Å². The van der Waals surface area contributed by atoms with Gasteiger partial charge in [0.1, 0.15) is 11.5 Å². The molecule has 1 unspecified atom stereocenters. The molecule has 0 spiro atoms. The number of nitrogens with one attached hydrogen (secondary N) is 2. The molecular weight excluding hydrogens is 345 g/mol. The summed E-state index contributed by atoms with van der Waals surface area (Å²) in [5, 5.41) is 3.60. The van der Waals surface area contributed by atoms with Gasteiger partial charge in [-0.25, -0.2) is 4.39 Å². The highest BCUT2D eigenvalue weighted by Crippen LogP contribution is 2.17. The molecule has 0 radical (unpaired) electrons. The van der Waals surface area contributed by atoms with Gasteiger partial charge in [0.25, 0.3) is 5.91 Å². The third-order valence-corrected chi connectivity index (χ3v) is 4.79. The summed E-state index contributed by atoms with van der Waals surface area (Å²) in [5.41, 5.74) is 2.43. The molecule has 2 N–H and O–H groups in total. The lowest BCUT2D eigenvalue weighted by atomic mass is 10.2. The third-order valence-electron chi connectivity index (χ3n) is 4.79. The van der Waals surface area contributed by atoms with Crippen LogP contribution in [-0.2, 0) is 11.3 Å². The van der Waals surface area contributed by atoms with E-state index in [-0.39, 0.29) is 17.8 Å². The Morgan fingerprint density at radius 3 is 2.93 bits per heavy atom. The highest BCUT2D eigenvalue weighted by Gasteiger charge is 2.21. The third kappa shape index (κ3) is 4.35. The fraction of sp³-hybridized carbons (Fsp3) is 0.286. The van der Waals surface area contributed by atoms with Gasteiger partial charge in [0.15, 0.2) is 0 Å². The van der Waals surface area contributed by atoms with Crippen molar-refractivity contribution in [3.8, 4) is 0 Å². The average Bonchev–Trinajstić information content (AvgIpc) is 3.10. The normalized spacial score (nSPS) is 17.9. The molecule has 4 rings (SSSR count). The van der Waals surface area contributed by atoms with Gasteiger partial charge in [-0.2, -0.15) is 0 Å². The molecule has 1 atom stereocenters. The largest absolute Gasteiger partial charge is 0.374 e. The number of halogens is 1. The Bertz CT molecular complexity index is 926. The fourth-order valence-electron chi connectivity index (χ4n) is 3.42. The number of aromatic nitrogens is 1. The Morgan fingerprint density at radius 2 is 2.07 bits per heavy atom. The number of fused-ring (bicyclic) bond motifs is 1. The van der Waals surface area contributed by atoms with Crippen molar-refractivity contribution in [2.75, 3.05) is 26.2 Å². The van der Waals surface area contributed by atoms with Crippen LogP contribution in [-0.4, -0.2) is 48.1 Å². The Labute approximate surface area is 157 Å².